The molecule has 0 atom stereocenters. The van der Waals surface area contributed by atoms with Crippen molar-refractivity contribution in [1.29, 1.82) is 0 Å². The molecule has 1 saturated heterocycles. The van der Waals surface area contributed by atoms with Crippen LogP contribution in [0.3, 0.4) is 0 Å². The van der Waals surface area contributed by atoms with Crippen LogP contribution in [0.1, 0.15) is 47.3 Å². The number of ether oxygens (including phenoxy) is 1. The number of carbonyl (C=O) groups excluding carboxylic acids is 2. The van der Waals surface area contributed by atoms with E-state index in [2.05, 4.69) is 31.6 Å². The Hall–Kier alpha value is -1.89. The highest BCUT2D eigenvalue weighted by atomic mass is 16.5. The summed E-state index contributed by atoms with van der Waals surface area (Å²) in [6.07, 6.45) is 2.30. The van der Waals surface area contributed by atoms with Crippen molar-refractivity contribution >= 4 is 11.9 Å². The highest BCUT2D eigenvalue weighted by Gasteiger charge is 2.25. The van der Waals surface area contributed by atoms with Gasteiger partial charge in [-0.2, -0.15) is 0 Å². The van der Waals surface area contributed by atoms with Crippen LogP contribution in [0.5, 0.6) is 0 Å². The molecule has 128 valence electrons. The van der Waals surface area contributed by atoms with Crippen molar-refractivity contribution in [3.63, 3.8) is 0 Å². The summed E-state index contributed by atoms with van der Waals surface area (Å²) in [6, 6.07) is 0.398. The number of aromatic nitrogens is 2. The molecule has 0 aromatic carbocycles. The molecular weight excluding hydrogens is 296 g/mol. The molecule has 2 heterocycles. The summed E-state index contributed by atoms with van der Waals surface area (Å²) in [5, 5.41) is 2.73. The van der Waals surface area contributed by atoms with Gasteiger partial charge in [0.25, 0.3) is 5.91 Å². The Balaban J connectivity index is 2.05. The summed E-state index contributed by atoms with van der Waals surface area (Å²) in [5.74, 6) is 0.298. The van der Waals surface area contributed by atoms with Gasteiger partial charge < -0.3 is 19.5 Å². The molecule has 0 bridgehead atoms. The van der Waals surface area contributed by atoms with Gasteiger partial charge in [-0.15, -0.1) is 0 Å². The minimum absolute atomic E-state index is 0.163. The molecule has 1 fully saturated rings. The summed E-state index contributed by atoms with van der Waals surface area (Å²) < 4.78 is 6.74. The molecule has 1 aromatic heterocycles. The van der Waals surface area contributed by atoms with E-state index >= 15 is 0 Å². The van der Waals surface area contributed by atoms with Gasteiger partial charge in [0.05, 0.1) is 13.5 Å². The molecule has 23 heavy (non-hydrogen) atoms. The molecule has 0 radical (unpaired) electrons. The fourth-order valence-corrected chi connectivity index (χ4v) is 3.12. The summed E-state index contributed by atoms with van der Waals surface area (Å²) in [5.41, 5.74) is 1.35. The highest BCUT2D eigenvalue weighted by molar-refractivity contribution is 5.93. The van der Waals surface area contributed by atoms with Crippen LogP contribution in [0.2, 0.25) is 0 Å². The van der Waals surface area contributed by atoms with Crippen LogP contribution in [0.15, 0.2) is 0 Å². The van der Waals surface area contributed by atoms with Crippen molar-refractivity contribution in [3.05, 3.63) is 17.2 Å². The first kappa shape index (κ1) is 17.5. The first-order valence-electron chi connectivity index (χ1n) is 8.03. The number of piperidine rings is 1. The molecular formula is C16H26N4O3. The summed E-state index contributed by atoms with van der Waals surface area (Å²) in [6.45, 7) is 6.25. The molecule has 1 aliphatic rings. The largest absolute Gasteiger partial charge is 0.469 e. The lowest BCUT2D eigenvalue weighted by Gasteiger charge is -2.31. The van der Waals surface area contributed by atoms with E-state index in [1.54, 1.807) is 0 Å². The summed E-state index contributed by atoms with van der Waals surface area (Å²) >= 11 is 0. The lowest BCUT2D eigenvalue weighted by molar-refractivity contribution is -0.140. The normalized spacial score (nSPS) is 16.3. The number of likely N-dealkylation sites (tertiary alicyclic amines) is 1. The molecule has 1 aromatic rings. The first-order chi connectivity index (χ1) is 10.9. The second-order valence-corrected chi connectivity index (χ2v) is 6.08. The summed E-state index contributed by atoms with van der Waals surface area (Å²) in [4.78, 5) is 30.1. The number of esters is 1. The average molecular weight is 322 g/mol. The number of methoxy groups -OCH3 is 1. The molecule has 7 heteroatoms. The smallest absolute Gasteiger partial charge is 0.307 e. The van der Waals surface area contributed by atoms with Crippen LogP contribution in [-0.4, -0.2) is 60.1 Å². The molecule has 0 spiro atoms. The molecule has 0 unspecified atom stereocenters. The maximum Gasteiger partial charge on any atom is 0.307 e. The lowest BCUT2D eigenvalue weighted by atomic mass is 10.0. The number of nitrogens with zero attached hydrogens (tertiary/aromatic N) is 3. The van der Waals surface area contributed by atoms with Crippen molar-refractivity contribution in [2.24, 2.45) is 0 Å². The zero-order valence-electron chi connectivity index (χ0n) is 14.4. The number of hydrogen-bond acceptors (Lipinski definition) is 5. The number of nitrogens with one attached hydrogen (secondary N) is 1. The third-order valence-electron chi connectivity index (χ3n) is 4.44. The van der Waals surface area contributed by atoms with Gasteiger partial charge in [0.2, 0.25) is 0 Å². The molecule has 1 amide bonds. The molecule has 7 nitrogen and oxygen atoms in total. The van der Waals surface area contributed by atoms with Crippen molar-refractivity contribution in [2.75, 3.05) is 33.8 Å². The Labute approximate surface area is 137 Å². The van der Waals surface area contributed by atoms with Crippen molar-refractivity contribution in [3.8, 4) is 0 Å². The monoisotopic (exact) mass is 322 g/mol. The first-order valence-corrected chi connectivity index (χ1v) is 8.03. The zero-order valence-corrected chi connectivity index (χ0v) is 14.4. The third-order valence-corrected chi connectivity index (χ3v) is 4.44. The van der Waals surface area contributed by atoms with Crippen LogP contribution in [0, 0.1) is 13.8 Å². The van der Waals surface area contributed by atoms with Crippen LogP contribution < -0.4 is 5.32 Å². The van der Waals surface area contributed by atoms with E-state index in [4.69, 9.17) is 0 Å². The van der Waals surface area contributed by atoms with Crippen LogP contribution in [0.4, 0.5) is 0 Å². The second kappa shape index (κ2) is 7.59. The number of carbonyl (C=O) groups is 2. The number of imidazole rings is 1. The topological polar surface area (TPSA) is 76.5 Å². The fraction of sp³-hybridized carbons (Fsp3) is 0.688. The van der Waals surface area contributed by atoms with E-state index in [1.807, 2.05) is 13.8 Å². The summed E-state index contributed by atoms with van der Waals surface area (Å²) in [7, 11) is 3.46. The molecule has 0 saturated carbocycles. The predicted octanol–water partition coefficient (Wildman–Crippen LogP) is 1.06. The second-order valence-electron chi connectivity index (χ2n) is 6.08. The lowest BCUT2D eigenvalue weighted by Crippen LogP contribution is -2.32. The van der Waals surface area contributed by atoms with Crippen LogP contribution in [0.25, 0.3) is 0 Å². The van der Waals surface area contributed by atoms with Gasteiger partial charge in [0.1, 0.15) is 11.5 Å². The standard InChI is InChI=1S/C16H26N4O3/c1-11-15(16(22)17-8-5-14(21)23-4)18-12(2)20(11)13-6-9-19(3)10-7-13/h13H,5-10H2,1-4H3,(H,17,22). The van der Waals surface area contributed by atoms with Crippen LogP contribution >= 0.6 is 0 Å². The van der Waals surface area contributed by atoms with E-state index < -0.39 is 0 Å². The minimum Gasteiger partial charge on any atom is -0.469 e. The van der Waals surface area contributed by atoms with Gasteiger partial charge in [0.15, 0.2) is 0 Å². The van der Waals surface area contributed by atoms with Crippen molar-refractivity contribution in [2.45, 2.75) is 39.2 Å². The predicted molar refractivity (Wildman–Crippen MR) is 86.4 cm³/mol. The molecule has 0 aliphatic carbocycles. The SMILES string of the molecule is COC(=O)CCNC(=O)c1nc(C)n(C2CCN(C)CC2)c1C. The van der Waals surface area contributed by atoms with Gasteiger partial charge in [-0.3, -0.25) is 9.59 Å². The maximum absolute atomic E-state index is 12.3. The van der Waals surface area contributed by atoms with E-state index in [0.717, 1.165) is 37.4 Å². The average Bonchev–Trinajstić information content (AvgIpc) is 2.83. The van der Waals surface area contributed by atoms with Crippen LogP contribution in [-0.2, 0) is 9.53 Å². The third kappa shape index (κ3) is 4.10. The minimum atomic E-state index is -0.338. The Morgan fingerprint density at radius 3 is 2.57 bits per heavy atom. The van der Waals surface area contributed by atoms with E-state index in [9.17, 15) is 9.59 Å². The van der Waals surface area contributed by atoms with Gasteiger partial charge in [-0.05, 0) is 46.8 Å². The number of rotatable bonds is 5. The quantitative estimate of drug-likeness (QED) is 0.820. The number of hydrogen-bond donors (Lipinski definition) is 1. The zero-order chi connectivity index (χ0) is 17.0. The Morgan fingerprint density at radius 2 is 1.96 bits per heavy atom. The van der Waals surface area contributed by atoms with Crippen molar-refractivity contribution in [1.82, 2.24) is 19.8 Å². The molecule has 2 rings (SSSR count). The Kier molecular flexibility index (Phi) is 5.76. The van der Waals surface area contributed by atoms with E-state index in [1.165, 1.54) is 7.11 Å². The molecule has 1 N–H and O–H groups in total. The maximum atomic E-state index is 12.3. The van der Waals surface area contributed by atoms with Gasteiger partial charge in [-0.25, -0.2) is 4.98 Å². The Morgan fingerprint density at radius 1 is 1.30 bits per heavy atom. The van der Waals surface area contributed by atoms with E-state index in [-0.39, 0.29) is 24.8 Å². The molecule has 1 aliphatic heterocycles. The fourth-order valence-electron chi connectivity index (χ4n) is 3.12. The number of amides is 1. The highest BCUT2D eigenvalue weighted by Crippen LogP contribution is 2.26. The van der Waals surface area contributed by atoms with E-state index in [0.29, 0.717) is 11.7 Å². The Bertz CT molecular complexity index is 574. The van der Waals surface area contributed by atoms with Gasteiger partial charge in [0, 0.05) is 18.3 Å². The van der Waals surface area contributed by atoms with Gasteiger partial charge >= 0.3 is 5.97 Å². The van der Waals surface area contributed by atoms with Crippen molar-refractivity contribution < 1.29 is 14.3 Å². The van der Waals surface area contributed by atoms with Gasteiger partial charge in [-0.1, -0.05) is 0 Å². The number of aryl methyl sites for hydroxylation is 1.